The highest BCUT2D eigenvalue weighted by Gasteiger charge is 2.28. The Kier molecular flexibility index (Phi) is 5.76. The van der Waals surface area contributed by atoms with Crippen LogP contribution in [0, 0.1) is 26.7 Å². The van der Waals surface area contributed by atoms with E-state index in [1.165, 1.54) is 12.0 Å². The fourth-order valence-electron chi connectivity index (χ4n) is 4.68. The van der Waals surface area contributed by atoms with Gasteiger partial charge in [-0.1, -0.05) is 55.2 Å². The van der Waals surface area contributed by atoms with Crippen LogP contribution in [0.4, 0.5) is 5.69 Å². The van der Waals surface area contributed by atoms with Crippen molar-refractivity contribution in [3.63, 3.8) is 0 Å². The predicted octanol–water partition coefficient (Wildman–Crippen LogP) is 5.57. The molecule has 156 valence electrons. The Labute approximate surface area is 177 Å². The molecule has 3 aromatic rings. The Morgan fingerprint density at radius 3 is 2.50 bits per heavy atom. The SMILES string of the molecule is Cc1ccc(N(Cc2cc3cccc(C)c3[nH]c2=O)C(=O)C2CCCCC2)c(C)c1. The molecular formula is C26H30N2O2. The lowest BCUT2D eigenvalue weighted by Crippen LogP contribution is -2.38. The molecule has 4 heteroatoms. The second-order valence-electron chi connectivity index (χ2n) is 8.71. The minimum Gasteiger partial charge on any atom is -0.321 e. The quantitative estimate of drug-likeness (QED) is 0.620. The first-order valence-electron chi connectivity index (χ1n) is 10.9. The molecule has 1 amide bonds. The Morgan fingerprint density at radius 1 is 1.00 bits per heavy atom. The minimum absolute atomic E-state index is 0.0428. The minimum atomic E-state index is -0.122. The van der Waals surface area contributed by atoms with Crippen LogP contribution < -0.4 is 10.5 Å². The third-order valence-electron chi connectivity index (χ3n) is 6.36. The van der Waals surface area contributed by atoms with E-state index in [1.54, 1.807) is 0 Å². The number of para-hydroxylation sites is 1. The smallest absolute Gasteiger partial charge is 0.253 e. The monoisotopic (exact) mass is 402 g/mol. The van der Waals surface area contributed by atoms with Gasteiger partial charge in [-0.15, -0.1) is 0 Å². The number of rotatable bonds is 4. The molecule has 0 saturated heterocycles. The molecule has 1 heterocycles. The Bertz CT molecular complexity index is 1140. The summed E-state index contributed by atoms with van der Waals surface area (Å²) in [6.45, 7) is 6.38. The molecule has 0 aliphatic heterocycles. The molecule has 1 N–H and O–H groups in total. The largest absolute Gasteiger partial charge is 0.321 e. The number of amides is 1. The number of hydrogen-bond donors (Lipinski definition) is 1. The van der Waals surface area contributed by atoms with Gasteiger partial charge in [0, 0.05) is 17.2 Å². The summed E-state index contributed by atoms with van der Waals surface area (Å²) in [6, 6.07) is 14.1. The molecule has 1 aliphatic carbocycles. The van der Waals surface area contributed by atoms with Gasteiger partial charge in [0.15, 0.2) is 0 Å². The van der Waals surface area contributed by atoms with Gasteiger partial charge in [-0.05, 0) is 62.3 Å². The molecule has 1 aliphatic rings. The number of benzene rings is 2. The number of pyridine rings is 1. The van der Waals surface area contributed by atoms with Gasteiger partial charge in [0.1, 0.15) is 0 Å². The van der Waals surface area contributed by atoms with Crippen LogP contribution in [-0.4, -0.2) is 10.9 Å². The number of nitrogens with zero attached hydrogens (tertiary/aromatic N) is 1. The summed E-state index contributed by atoms with van der Waals surface area (Å²) in [5.74, 6) is 0.187. The number of H-pyrrole nitrogens is 1. The Hall–Kier alpha value is -2.88. The van der Waals surface area contributed by atoms with Gasteiger partial charge in [-0.2, -0.15) is 0 Å². The van der Waals surface area contributed by atoms with Crippen molar-refractivity contribution >= 4 is 22.5 Å². The van der Waals surface area contributed by atoms with Crippen LogP contribution in [0.3, 0.4) is 0 Å². The summed E-state index contributed by atoms with van der Waals surface area (Å²) in [5.41, 5.74) is 5.54. The normalized spacial score (nSPS) is 14.8. The summed E-state index contributed by atoms with van der Waals surface area (Å²) in [5, 5.41) is 0.996. The number of nitrogens with one attached hydrogen (secondary N) is 1. The highest BCUT2D eigenvalue weighted by Crippen LogP contribution is 2.30. The Balaban J connectivity index is 1.76. The summed E-state index contributed by atoms with van der Waals surface area (Å²) >= 11 is 0. The van der Waals surface area contributed by atoms with Gasteiger partial charge in [-0.25, -0.2) is 0 Å². The molecule has 1 aromatic heterocycles. The summed E-state index contributed by atoms with van der Waals surface area (Å²) in [6.07, 6.45) is 5.29. The zero-order valence-electron chi connectivity index (χ0n) is 18.1. The van der Waals surface area contributed by atoms with Crippen LogP contribution in [0.25, 0.3) is 10.9 Å². The molecule has 0 spiro atoms. The van der Waals surface area contributed by atoms with Gasteiger partial charge >= 0.3 is 0 Å². The maximum atomic E-state index is 13.6. The molecule has 1 fully saturated rings. The highest BCUT2D eigenvalue weighted by molar-refractivity contribution is 5.96. The van der Waals surface area contributed by atoms with Crippen LogP contribution in [0.5, 0.6) is 0 Å². The molecule has 0 radical (unpaired) electrons. The number of aromatic amines is 1. The van der Waals surface area contributed by atoms with Crippen LogP contribution in [0.15, 0.2) is 47.3 Å². The Morgan fingerprint density at radius 2 is 1.77 bits per heavy atom. The van der Waals surface area contributed by atoms with E-state index in [0.29, 0.717) is 12.1 Å². The molecule has 4 nitrogen and oxygen atoms in total. The van der Waals surface area contributed by atoms with E-state index in [4.69, 9.17) is 0 Å². The van der Waals surface area contributed by atoms with E-state index in [0.717, 1.165) is 53.4 Å². The molecular weight excluding hydrogens is 372 g/mol. The van der Waals surface area contributed by atoms with E-state index in [-0.39, 0.29) is 17.4 Å². The van der Waals surface area contributed by atoms with Crippen molar-refractivity contribution in [1.82, 2.24) is 4.98 Å². The topological polar surface area (TPSA) is 53.2 Å². The number of carbonyl (C=O) groups excluding carboxylic acids is 1. The summed E-state index contributed by atoms with van der Waals surface area (Å²) < 4.78 is 0. The summed E-state index contributed by atoms with van der Waals surface area (Å²) in [4.78, 5) is 31.4. The fourth-order valence-corrected chi connectivity index (χ4v) is 4.68. The molecule has 2 aromatic carbocycles. The second kappa shape index (κ2) is 8.47. The van der Waals surface area contributed by atoms with Crippen molar-refractivity contribution in [3.8, 4) is 0 Å². The lowest BCUT2D eigenvalue weighted by Gasteiger charge is -2.30. The zero-order valence-corrected chi connectivity index (χ0v) is 18.1. The third kappa shape index (κ3) is 4.04. The maximum Gasteiger partial charge on any atom is 0.253 e. The third-order valence-corrected chi connectivity index (χ3v) is 6.36. The molecule has 1 saturated carbocycles. The van der Waals surface area contributed by atoms with E-state index in [1.807, 2.05) is 55.1 Å². The van der Waals surface area contributed by atoms with Crippen LogP contribution in [-0.2, 0) is 11.3 Å². The van der Waals surface area contributed by atoms with E-state index >= 15 is 0 Å². The van der Waals surface area contributed by atoms with Crippen molar-refractivity contribution < 1.29 is 4.79 Å². The first-order chi connectivity index (χ1) is 14.4. The van der Waals surface area contributed by atoms with E-state index in [2.05, 4.69) is 18.0 Å². The lowest BCUT2D eigenvalue weighted by molar-refractivity contribution is -0.123. The highest BCUT2D eigenvalue weighted by atomic mass is 16.2. The fraction of sp³-hybridized carbons (Fsp3) is 0.385. The lowest BCUT2D eigenvalue weighted by atomic mass is 9.88. The van der Waals surface area contributed by atoms with Crippen LogP contribution in [0.2, 0.25) is 0 Å². The van der Waals surface area contributed by atoms with E-state index < -0.39 is 0 Å². The zero-order chi connectivity index (χ0) is 21.3. The van der Waals surface area contributed by atoms with Gasteiger partial charge in [-0.3, -0.25) is 9.59 Å². The summed E-state index contributed by atoms with van der Waals surface area (Å²) in [7, 11) is 0. The first-order valence-corrected chi connectivity index (χ1v) is 10.9. The van der Waals surface area contributed by atoms with Crippen molar-refractivity contribution in [3.05, 3.63) is 75.1 Å². The number of aryl methyl sites for hydroxylation is 3. The average Bonchev–Trinajstić information content (AvgIpc) is 2.74. The van der Waals surface area contributed by atoms with Crippen LogP contribution >= 0.6 is 0 Å². The first kappa shape index (κ1) is 20.4. The number of hydrogen-bond acceptors (Lipinski definition) is 2. The molecule has 0 atom stereocenters. The van der Waals surface area contributed by atoms with Gasteiger partial charge in [0.25, 0.3) is 5.56 Å². The average molecular weight is 403 g/mol. The second-order valence-corrected chi connectivity index (χ2v) is 8.71. The van der Waals surface area contributed by atoms with Crippen molar-refractivity contribution in [2.75, 3.05) is 4.90 Å². The van der Waals surface area contributed by atoms with Crippen LogP contribution in [0.1, 0.15) is 54.4 Å². The van der Waals surface area contributed by atoms with Gasteiger partial charge in [0.05, 0.1) is 12.1 Å². The predicted molar refractivity (Wildman–Crippen MR) is 123 cm³/mol. The number of carbonyl (C=O) groups is 1. The molecule has 30 heavy (non-hydrogen) atoms. The number of aromatic nitrogens is 1. The molecule has 4 rings (SSSR count). The number of anilines is 1. The standard InChI is InChI=1S/C26H30N2O2/c1-17-12-13-23(19(3)14-17)28(26(30)20-9-5-4-6-10-20)16-22-15-21-11-7-8-18(2)24(21)27-25(22)29/h7-8,11-15,20H,4-6,9-10,16H2,1-3H3,(H,27,29). The van der Waals surface area contributed by atoms with Crippen molar-refractivity contribution in [1.29, 1.82) is 0 Å². The van der Waals surface area contributed by atoms with Crippen molar-refractivity contribution in [2.24, 2.45) is 5.92 Å². The van der Waals surface area contributed by atoms with Gasteiger partial charge < -0.3 is 9.88 Å². The molecule has 0 unspecified atom stereocenters. The van der Waals surface area contributed by atoms with Crippen molar-refractivity contribution in [2.45, 2.75) is 59.4 Å². The molecule has 0 bridgehead atoms. The van der Waals surface area contributed by atoms with Gasteiger partial charge in [0.2, 0.25) is 5.91 Å². The number of fused-ring (bicyclic) bond motifs is 1. The van der Waals surface area contributed by atoms with E-state index in [9.17, 15) is 9.59 Å². The maximum absolute atomic E-state index is 13.6.